The minimum Gasteiger partial charge on any atom is -0.462 e. The fourth-order valence-electron chi connectivity index (χ4n) is 6.17. The average molecular weight is 614 g/mol. The molecule has 1 saturated carbocycles. The molecule has 1 fully saturated rings. The van der Waals surface area contributed by atoms with E-state index in [-0.39, 0.29) is 41.4 Å². The third kappa shape index (κ3) is 9.01. The number of carbonyl (C=O) groups is 2. The van der Waals surface area contributed by atoms with Crippen LogP contribution in [0.3, 0.4) is 0 Å². The van der Waals surface area contributed by atoms with Crippen molar-refractivity contribution >= 4 is 35.4 Å². The van der Waals surface area contributed by atoms with Crippen molar-refractivity contribution in [2.45, 2.75) is 105 Å². The molecule has 1 amide bonds. The minimum atomic E-state index is -0.657. The predicted octanol–water partition coefficient (Wildman–Crippen LogP) is 8.18. The first kappa shape index (κ1) is 35.0. The summed E-state index contributed by atoms with van der Waals surface area (Å²) in [6.07, 6.45) is 9.48. The Labute approximate surface area is 264 Å². The number of rotatable bonds is 12. The van der Waals surface area contributed by atoms with Gasteiger partial charge in [-0.2, -0.15) is 0 Å². The van der Waals surface area contributed by atoms with Crippen molar-refractivity contribution in [3.63, 3.8) is 0 Å². The van der Waals surface area contributed by atoms with Crippen LogP contribution < -0.4 is 0 Å². The van der Waals surface area contributed by atoms with E-state index in [2.05, 4.69) is 51.4 Å². The quantitative estimate of drug-likeness (QED) is 0.135. The maximum Gasteiger partial charge on any atom is 0.338 e. The van der Waals surface area contributed by atoms with Gasteiger partial charge in [0.2, 0.25) is 0 Å². The Morgan fingerprint density at radius 3 is 2.35 bits per heavy atom. The lowest BCUT2D eigenvalue weighted by Crippen LogP contribution is -2.51. The second-order valence-corrected chi connectivity index (χ2v) is 14.5. The zero-order valence-electron chi connectivity index (χ0n) is 27.5. The van der Waals surface area contributed by atoms with Crippen LogP contribution >= 0.6 is 11.6 Å². The van der Waals surface area contributed by atoms with Gasteiger partial charge in [0.1, 0.15) is 18.1 Å². The lowest BCUT2D eigenvalue weighted by molar-refractivity contribution is -0.134. The van der Waals surface area contributed by atoms with Crippen molar-refractivity contribution in [1.82, 2.24) is 4.90 Å². The molecule has 1 aromatic carbocycles. The van der Waals surface area contributed by atoms with Gasteiger partial charge in [-0.25, -0.2) is 4.79 Å². The molecular formula is C35H52ClN3O4. The van der Waals surface area contributed by atoms with Crippen molar-refractivity contribution in [3.05, 3.63) is 47.0 Å². The van der Waals surface area contributed by atoms with Gasteiger partial charge in [-0.1, -0.05) is 66.7 Å². The third-order valence-electron chi connectivity index (χ3n) is 8.65. The topological polar surface area (TPSA) is 80.6 Å². The van der Waals surface area contributed by atoms with E-state index in [1.54, 1.807) is 19.4 Å². The number of ether oxygens (including phenoxy) is 2. The normalized spacial score (nSPS) is 22.4. The number of hydrogen-bond acceptors (Lipinski definition) is 6. The molecule has 43 heavy (non-hydrogen) atoms. The van der Waals surface area contributed by atoms with Gasteiger partial charge >= 0.3 is 5.97 Å². The molecule has 238 valence electrons. The van der Waals surface area contributed by atoms with Gasteiger partial charge in [0.05, 0.1) is 18.2 Å². The highest BCUT2D eigenvalue weighted by molar-refractivity contribution is 6.51. The van der Waals surface area contributed by atoms with E-state index < -0.39 is 5.66 Å². The van der Waals surface area contributed by atoms with Gasteiger partial charge < -0.3 is 14.4 Å². The molecule has 8 heteroatoms. The lowest BCUT2D eigenvalue weighted by atomic mass is 9.69. The molecule has 1 aliphatic heterocycles. The highest BCUT2D eigenvalue weighted by Gasteiger charge is 2.53. The van der Waals surface area contributed by atoms with Crippen molar-refractivity contribution in [2.24, 2.45) is 26.7 Å². The molecule has 1 unspecified atom stereocenters. The number of benzene rings is 1. The number of nitrogens with zero attached hydrogens (tertiary/aromatic N) is 3. The fourth-order valence-corrected chi connectivity index (χ4v) is 6.34. The summed E-state index contributed by atoms with van der Waals surface area (Å²) >= 11 is 6.16. The number of esters is 1. The van der Waals surface area contributed by atoms with Crippen molar-refractivity contribution in [2.75, 3.05) is 26.3 Å². The van der Waals surface area contributed by atoms with E-state index in [9.17, 15) is 9.59 Å². The fraction of sp³-hybridized carbons (Fsp3) is 0.657. The van der Waals surface area contributed by atoms with Crippen molar-refractivity contribution in [1.29, 1.82) is 0 Å². The van der Waals surface area contributed by atoms with Crippen LogP contribution in [0.25, 0.3) is 0 Å². The van der Waals surface area contributed by atoms with Gasteiger partial charge in [0, 0.05) is 24.8 Å². The Kier molecular flexibility index (Phi) is 12.2. The SMILES string of the molecule is CCCOC(=O)c1ccc(C(CCC(C)(C)C)N2C(=O)C(C(/C=N\COC)=C/CCl)=NC23CCC(C(C)(C)C)CC3)cc1. The summed E-state index contributed by atoms with van der Waals surface area (Å²) in [6, 6.07) is 7.38. The van der Waals surface area contributed by atoms with Crippen LogP contribution in [0.2, 0.25) is 0 Å². The van der Waals surface area contributed by atoms with E-state index in [0.29, 0.717) is 29.4 Å². The van der Waals surface area contributed by atoms with Crippen LogP contribution in [0.1, 0.15) is 115 Å². The highest BCUT2D eigenvalue weighted by atomic mass is 35.5. The number of methoxy groups -OCH3 is 1. The van der Waals surface area contributed by atoms with E-state index in [1.165, 1.54) is 0 Å². The average Bonchev–Trinajstić information content (AvgIpc) is 3.22. The number of halogens is 1. The first-order chi connectivity index (χ1) is 20.3. The van der Waals surface area contributed by atoms with Gasteiger partial charge in [-0.3, -0.25) is 14.8 Å². The van der Waals surface area contributed by atoms with Crippen LogP contribution in [-0.4, -0.2) is 60.7 Å². The van der Waals surface area contributed by atoms with E-state index in [0.717, 1.165) is 50.5 Å². The van der Waals surface area contributed by atoms with E-state index in [4.69, 9.17) is 26.1 Å². The number of amides is 1. The van der Waals surface area contributed by atoms with Crippen LogP contribution in [0, 0.1) is 16.7 Å². The number of alkyl halides is 1. The van der Waals surface area contributed by atoms with Crippen LogP contribution in [0.4, 0.5) is 0 Å². The molecule has 1 aliphatic carbocycles. The first-order valence-electron chi connectivity index (χ1n) is 15.7. The van der Waals surface area contributed by atoms with Gasteiger partial charge in [-0.15, -0.1) is 11.6 Å². The molecule has 0 bridgehead atoms. The predicted molar refractivity (Wildman–Crippen MR) is 176 cm³/mol. The Balaban J connectivity index is 2.10. The molecule has 7 nitrogen and oxygen atoms in total. The van der Waals surface area contributed by atoms with E-state index >= 15 is 0 Å². The molecule has 0 radical (unpaired) electrons. The summed E-state index contributed by atoms with van der Waals surface area (Å²) in [7, 11) is 1.58. The molecule has 1 spiro atoms. The molecule has 0 aromatic heterocycles. The minimum absolute atomic E-state index is 0.0716. The monoisotopic (exact) mass is 613 g/mol. The maximum absolute atomic E-state index is 14.6. The van der Waals surface area contributed by atoms with E-state index in [1.807, 2.05) is 31.2 Å². The Hall–Kier alpha value is -2.51. The van der Waals surface area contributed by atoms with Gasteiger partial charge in [-0.05, 0) is 79.4 Å². The molecular weight excluding hydrogens is 562 g/mol. The molecule has 3 rings (SSSR count). The summed E-state index contributed by atoms with van der Waals surface area (Å²) in [6.45, 7) is 16.1. The van der Waals surface area contributed by atoms with Gasteiger partial charge in [0.15, 0.2) is 0 Å². The molecule has 1 heterocycles. The summed E-state index contributed by atoms with van der Waals surface area (Å²) in [4.78, 5) is 38.8. The second kappa shape index (κ2) is 15.0. The molecule has 0 N–H and O–H groups in total. The number of carbonyl (C=O) groups excluding carboxylic acids is 2. The van der Waals surface area contributed by atoms with Crippen molar-refractivity contribution in [3.8, 4) is 0 Å². The van der Waals surface area contributed by atoms with Crippen LogP contribution in [0.5, 0.6) is 0 Å². The number of aliphatic imine (C=N–C) groups is 2. The zero-order chi connectivity index (χ0) is 31.8. The number of hydrogen-bond donors (Lipinski definition) is 0. The Bertz CT molecular complexity index is 1180. The highest BCUT2D eigenvalue weighted by Crippen LogP contribution is 2.50. The molecule has 2 aliphatic rings. The summed E-state index contributed by atoms with van der Waals surface area (Å²) in [5.74, 6) is 0.366. The molecule has 1 atom stereocenters. The summed E-state index contributed by atoms with van der Waals surface area (Å²) in [5, 5.41) is 0. The molecule has 0 saturated heterocycles. The standard InChI is InChI=1S/C35H52ClN3O4/c1-9-22-43-32(41)26-12-10-25(11-13-26)29(16-18-33(2,3)4)39-31(40)30(27(17-21-36)23-37-24-42-8)38-35(39)19-14-28(15-20-35)34(5,6)7/h10-13,17,23,28-29H,9,14-16,18-22,24H2,1-8H3/b27-17+,37-23-. The van der Waals surface area contributed by atoms with Crippen LogP contribution in [-0.2, 0) is 14.3 Å². The lowest BCUT2D eigenvalue weighted by Gasteiger charge is -2.47. The smallest absolute Gasteiger partial charge is 0.338 e. The zero-order valence-corrected chi connectivity index (χ0v) is 28.3. The van der Waals surface area contributed by atoms with Crippen LogP contribution in [0.15, 0.2) is 45.9 Å². The Morgan fingerprint density at radius 2 is 1.81 bits per heavy atom. The summed E-state index contributed by atoms with van der Waals surface area (Å²) < 4.78 is 10.5. The second-order valence-electron chi connectivity index (χ2n) is 14.2. The van der Waals surface area contributed by atoms with Gasteiger partial charge in [0.25, 0.3) is 5.91 Å². The Morgan fingerprint density at radius 1 is 1.16 bits per heavy atom. The third-order valence-corrected chi connectivity index (χ3v) is 8.81. The number of allylic oxidation sites excluding steroid dienone is 1. The first-order valence-corrected chi connectivity index (χ1v) is 16.3. The summed E-state index contributed by atoms with van der Waals surface area (Å²) in [5.41, 5.74) is 2.15. The van der Waals surface area contributed by atoms with Crippen molar-refractivity contribution < 1.29 is 19.1 Å². The molecule has 1 aromatic rings. The maximum atomic E-state index is 14.6. The largest absolute Gasteiger partial charge is 0.462 e.